The fraction of sp³-hybridized carbons (Fsp3) is 0.424. The molecule has 0 fully saturated rings. The zero-order chi connectivity index (χ0) is 30.9. The predicted octanol–water partition coefficient (Wildman–Crippen LogP) is 7.90. The molecular formula is C33H39F4N3O2. The Hall–Kier alpha value is -3.84. The van der Waals surface area contributed by atoms with Crippen molar-refractivity contribution in [2.45, 2.75) is 71.5 Å². The Morgan fingerprint density at radius 1 is 1.17 bits per heavy atom. The van der Waals surface area contributed by atoms with Crippen LogP contribution in [0, 0.1) is 17.7 Å². The number of guanidine groups is 1. The van der Waals surface area contributed by atoms with E-state index in [1.165, 1.54) is 6.07 Å². The number of allylic oxidation sites excluding steroid dienone is 2. The molecule has 0 aromatic heterocycles. The summed E-state index contributed by atoms with van der Waals surface area (Å²) < 4.78 is 54.1. The first-order valence-electron chi connectivity index (χ1n) is 14.3. The summed E-state index contributed by atoms with van der Waals surface area (Å²) in [6.45, 7) is 8.38. The molecule has 226 valence electrons. The lowest BCUT2D eigenvalue weighted by atomic mass is 9.80. The van der Waals surface area contributed by atoms with Gasteiger partial charge >= 0.3 is 6.18 Å². The highest BCUT2D eigenvalue weighted by Gasteiger charge is 2.31. The molecule has 0 saturated carbocycles. The van der Waals surface area contributed by atoms with Crippen molar-refractivity contribution >= 4 is 11.9 Å². The number of nitrogens with one attached hydrogen (secondary N) is 2. The topological polar surface area (TPSA) is 73.7 Å². The minimum Gasteiger partial charge on any atom is -0.508 e. The van der Waals surface area contributed by atoms with Gasteiger partial charge in [-0.2, -0.15) is 13.2 Å². The number of rotatable bonds is 12. The van der Waals surface area contributed by atoms with Gasteiger partial charge in [-0.15, -0.1) is 5.73 Å². The standard InChI is InChI=1S/C33H39F4N3O2/c1-5-6-7-8-9-24(28-17-15-26(41)19-29(28)34)18-30(27-16-10-22(27)4)39-32(38-20-21(2)3)40-31(42)23-11-13-25(14-12-23)33(35,36)37/h8-9,11-17,19,21,24,27,30,41H,5-7,18,20H2,1-4H3,(H2,38,39,40,42)/b9-8-. The molecule has 0 aliphatic heterocycles. The van der Waals surface area contributed by atoms with Crippen LogP contribution >= 0.6 is 0 Å². The summed E-state index contributed by atoms with van der Waals surface area (Å²) >= 11 is 0. The van der Waals surface area contributed by atoms with Gasteiger partial charge < -0.3 is 10.4 Å². The molecular weight excluding hydrogens is 546 g/mol. The quantitative estimate of drug-likeness (QED) is 0.0592. The molecule has 0 saturated heterocycles. The first-order chi connectivity index (χ1) is 19.9. The van der Waals surface area contributed by atoms with Gasteiger partial charge in [0, 0.05) is 36.1 Å². The number of unbranched alkanes of at least 4 members (excludes halogenated alkanes) is 2. The van der Waals surface area contributed by atoms with E-state index in [4.69, 9.17) is 0 Å². The molecule has 1 aliphatic rings. The van der Waals surface area contributed by atoms with E-state index in [0.717, 1.165) is 55.2 Å². The van der Waals surface area contributed by atoms with Crippen molar-refractivity contribution in [3.8, 4) is 5.75 Å². The van der Waals surface area contributed by atoms with E-state index in [1.54, 1.807) is 6.07 Å². The number of halogens is 4. The minimum absolute atomic E-state index is 0.0566. The first-order valence-corrected chi connectivity index (χ1v) is 14.3. The number of phenolic OH excluding ortho intramolecular Hbond substituents is 1. The van der Waals surface area contributed by atoms with E-state index in [2.05, 4.69) is 28.3 Å². The van der Waals surface area contributed by atoms with Crippen LogP contribution in [0.15, 0.2) is 77.0 Å². The van der Waals surface area contributed by atoms with Crippen LogP contribution in [0.25, 0.3) is 0 Å². The molecule has 2 aromatic rings. The third kappa shape index (κ3) is 9.35. The van der Waals surface area contributed by atoms with Gasteiger partial charge in [-0.1, -0.05) is 51.8 Å². The Morgan fingerprint density at radius 2 is 1.88 bits per heavy atom. The number of benzene rings is 2. The number of aliphatic imine (C=N–C) groups is 1. The number of alkyl halides is 3. The van der Waals surface area contributed by atoms with Gasteiger partial charge in [0.25, 0.3) is 5.91 Å². The number of carbonyl (C=O) groups is 1. The molecule has 0 spiro atoms. The van der Waals surface area contributed by atoms with Crippen LogP contribution in [0.3, 0.4) is 0 Å². The van der Waals surface area contributed by atoms with Crippen molar-refractivity contribution in [2.75, 3.05) is 6.54 Å². The maximum absolute atomic E-state index is 15.0. The van der Waals surface area contributed by atoms with Crippen molar-refractivity contribution in [3.05, 3.63) is 94.5 Å². The van der Waals surface area contributed by atoms with Gasteiger partial charge in [-0.05, 0) is 73.2 Å². The average Bonchev–Trinajstić information content (AvgIpc) is 2.92. The Kier molecular flexibility index (Phi) is 11.6. The van der Waals surface area contributed by atoms with Crippen molar-refractivity contribution < 1.29 is 27.5 Å². The van der Waals surface area contributed by atoms with Crippen LogP contribution in [0.2, 0.25) is 0 Å². The maximum Gasteiger partial charge on any atom is 0.416 e. The first kappa shape index (κ1) is 32.7. The summed E-state index contributed by atoms with van der Waals surface area (Å²) in [6, 6.07) is 7.80. The largest absolute Gasteiger partial charge is 0.508 e. The van der Waals surface area contributed by atoms with Crippen LogP contribution in [-0.4, -0.2) is 29.6 Å². The van der Waals surface area contributed by atoms with Crippen molar-refractivity contribution in [3.63, 3.8) is 0 Å². The Labute approximate surface area is 245 Å². The minimum atomic E-state index is -4.51. The third-order valence-corrected chi connectivity index (χ3v) is 7.05. The second kappa shape index (κ2) is 14.9. The van der Waals surface area contributed by atoms with Gasteiger partial charge in [-0.3, -0.25) is 15.1 Å². The summed E-state index contributed by atoms with van der Waals surface area (Å²) in [7, 11) is 0. The summed E-state index contributed by atoms with van der Waals surface area (Å²) in [5.74, 6) is -1.33. The Bertz CT molecular complexity index is 1340. The van der Waals surface area contributed by atoms with E-state index < -0.39 is 23.5 Å². The molecule has 9 heteroatoms. The maximum atomic E-state index is 15.0. The molecule has 1 aliphatic carbocycles. The number of hydrogen-bond donors (Lipinski definition) is 3. The van der Waals surface area contributed by atoms with E-state index in [-0.39, 0.29) is 41.1 Å². The molecule has 2 aromatic carbocycles. The Morgan fingerprint density at radius 3 is 2.43 bits per heavy atom. The molecule has 0 bridgehead atoms. The fourth-order valence-corrected chi connectivity index (χ4v) is 4.60. The van der Waals surface area contributed by atoms with Crippen molar-refractivity contribution in [2.24, 2.45) is 16.8 Å². The van der Waals surface area contributed by atoms with Crippen LogP contribution in [0.4, 0.5) is 17.6 Å². The predicted molar refractivity (Wildman–Crippen MR) is 158 cm³/mol. The van der Waals surface area contributed by atoms with E-state index >= 15 is 4.39 Å². The lowest BCUT2D eigenvalue weighted by Crippen LogP contribution is -2.49. The molecule has 3 atom stereocenters. The summed E-state index contributed by atoms with van der Waals surface area (Å²) in [5.41, 5.74) is 3.79. The smallest absolute Gasteiger partial charge is 0.416 e. The second-order valence-electron chi connectivity index (χ2n) is 11.0. The normalized spacial score (nSPS) is 16.7. The number of amides is 1. The monoisotopic (exact) mass is 585 g/mol. The molecule has 0 heterocycles. The van der Waals surface area contributed by atoms with Crippen LogP contribution in [0.1, 0.15) is 80.8 Å². The van der Waals surface area contributed by atoms with Crippen molar-refractivity contribution in [1.29, 1.82) is 0 Å². The van der Waals surface area contributed by atoms with Crippen LogP contribution in [0.5, 0.6) is 5.75 Å². The van der Waals surface area contributed by atoms with Gasteiger partial charge in [0.2, 0.25) is 0 Å². The van der Waals surface area contributed by atoms with Gasteiger partial charge in [0.1, 0.15) is 11.6 Å². The highest BCUT2D eigenvalue weighted by atomic mass is 19.4. The highest BCUT2D eigenvalue weighted by molar-refractivity contribution is 6.05. The molecule has 3 unspecified atom stereocenters. The highest BCUT2D eigenvalue weighted by Crippen LogP contribution is 2.33. The van der Waals surface area contributed by atoms with Gasteiger partial charge in [-0.25, -0.2) is 4.39 Å². The van der Waals surface area contributed by atoms with E-state index in [1.807, 2.05) is 39.0 Å². The lowest BCUT2D eigenvalue weighted by Gasteiger charge is -2.32. The number of nitrogens with zero attached hydrogens (tertiary/aromatic N) is 1. The van der Waals surface area contributed by atoms with Gasteiger partial charge in [0.05, 0.1) is 5.56 Å². The SMILES string of the molecule is CCCC/C=C\C(CC(NC(=NCC(C)C)NC(=O)c1ccc(C(F)(F)F)cc1)C1C=C=C1C)c1ccc(O)cc1F. The fourth-order valence-electron chi connectivity index (χ4n) is 4.60. The van der Waals surface area contributed by atoms with E-state index in [0.29, 0.717) is 18.5 Å². The lowest BCUT2D eigenvalue weighted by molar-refractivity contribution is -0.137. The number of aromatic hydroxyl groups is 1. The summed E-state index contributed by atoms with van der Waals surface area (Å²) in [5, 5.41) is 15.9. The third-order valence-electron chi connectivity index (χ3n) is 7.05. The van der Waals surface area contributed by atoms with Crippen molar-refractivity contribution in [1.82, 2.24) is 10.6 Å². The molecule has 0 radical (unpaired) electrons. The molecule has 42 heavy (non-hydrogen) atoms. The van der Waals surface area contributed by atoms with Crippen LogP contribution in [-0.2, 0) is 6.18 Å². The zero-order valence-corrected chi connectivity index (χ0v) is 24.4. The molecule has 3 N–H and O–H groups in total. The molecule has 1 amide bonds. The number of carbonyl (C=O) groups excluding carboxylic acids is 1. The molecule has 3 rings (SSSR count). The number of hydrogen-bond acceptors (Lipinski definition) is 3. The zero-order valence-electron chi connectivity index (χ0n) is 24.4. The van der Waals surface area contributed by atoms with E-state index in [9.17, 15) is 23.1 Å². The average molecular weight is 586 g/mol. The van der Waals surface area contributed by atoms with Gasteiger partial charge in [0.15, 0.2) is 5.96 Å². The number of phenols is 1. The Balaban J connectivity index is 1.89. The van der Waals surface area contributed by atoms with Crippen LogP contribution < -0.4 is 10.6 Å². The second-order valence-corrected chi connectivity index (χ2v) is 11.0. The molecule has 5 nitrogen and oxygen atoms in total. The summed E-state index contributed by atoms with van der Waals surface area (Å²) in [6.07, 6.45) is 4.72. The summed E-state index contributed by atoms with van der Waals surface area (Å²) in [4.78, 5) is 17.6.